The Morgan fingerprint density at radius 2 is 1.83 bits per heavy atom. The van der Waals surface area contributed by atoms with Crippen LogP contribution in [0, 0.1) is 22.7 Å². The molecule has 1 aromatic heterocycles. The highest BCUT2D eigenvalue weighted by Crippen LogP contribution is 2.20. The minimum absolute atomic E-state index is 0.0477. The van der Waals surface area contributed by atoms with Gasteiger partial charge in [-0.2, -0.15) is 10.5 Å². The molecule has 12 heavy (non-hydrogen) atoms. The first-order valence-corrected chi connectivity index (χ1v) is 3.05. The minimum Gasteiger partial charge on any atom is -0.396 e. The van der Waals surface area contributed by atoms with Crippen molar-refractivity contribution in [2.75, 3.05) is 11.5 Å². The molecule has 0 saturated heterocycles. The molecule has 0 bridgehead atoms. The predicted molar refractivity (Wildman–Crippen MR) is 42.5 cm³/mol. The Labute approximate surface area is 68.8 Å². The maximum absolute atomic E-state index is 8.50. The van der Waals surface area contributed by atoms with Gasteiger partial charge in [0.25, 0.3) is 0 Å². The highest BCUT2D eigenvalue weighted by atomic mass is 14.8. The van der Waals surface area contributed by atoms with E-state index in [1.54, 1.807) is 6.07 Å². The van der Waals surface area contributed by atoms with Crippen molar-refractivity contribution in [2.45, 2.75) is 0 Å². The highest BCUT2D eigenvalue weighted by Gasteiger charge is 2.07. The van der Waals surface area contributed by atoms with E-state index in [0.717, 1.165) is 0 Å². The summed E-state index contributed by atoms with van der Waals surface area (Å²) in [5.41, 5.74) is 11.3. The number of nitrogens with zero attached hydrogens (tertiary/aromatic N) is 3. The van der Waals surface area contributed by atoms with Crippen LogP contribution in [0.3, 0.4) is 0 Å². The predicted octanol–water partition coefficient (Wildman–Crippen LogP) is -0.0106. The van der Waals surface area contributed by atoms with Crippen LogP contribution in [-0.2, 0) is 0 Å². The fraction of sp³-hybridized carbons (Fsp3) is 0. The van der Waals surface area contributed by atoms with Gasteiger partial charge in [0.2, 0.25) is 0 Å². The summed E-state index contributed by atoms with van der Waals surface area (Å²) in [6, 6.07) is 3.57. The van der Waals surface area contributed by atoms with E-state index in [0.29, 0.717) is 0 Å². The smallest absolute Gasteiger partial charge is 0.165 e. The van der Waals surface area contributed by atoms with Crippen molar-refractivity contribution in [1.82, 2.24) is 4.98 Å². The van der Waals surface area contributed by atoms with Gasteiger partial charge in [-0.25, -0.2) is 4.98 Å². The third-order valence-corrected chi connectivity index (χ3v) is 1.38. The zero-order valence-electron chi connectivity index (χ0n) is 6.07. The summed E-state index contributed by atoms with van der Waals surface area (Å²) in [5, 5.41) is 17.0. The maximum atomic E-state index is 8.50. The molecule has 4 N–H and O–H groups in total. The zero-order chi connectivity index (χ0) is 9.14. The molecule has 0 spiro atoms. The SMILES string of the molecule is N#Cc1cnc(C#N)c(N)c1N. The maximum Gasteiger partial charge on any atom is 0.165 e. The molecule has 1 aromatic rings. The topological polar surface area (TPSA) is 113 Å². The minimum atomic E-state index is 0.0477. The first-order valence-electron chi connectivity index (χ1n) is 3.05. The van der Waals surface area contributed by atoms with E-state index in [4.69, 9.17) is 22.0 Å². The lowest BCUT2D eigenvalue weighted by atomic mass is 10.2. The lowest BCUT2D eigenvalue weighted by molar-refractivity contribution is 1.25. The zero-order valence-corrected chi connectivity index (χ0v) is 6.07. The number of hydrogen-bond acceptors (Lipinski definition) is 5. The Kier molecular flexibility index (Phi) is 1.81. The Morgan fingerprint density at radius 1 is 1.17 bits per heavy atom. The summed E-state index contributed by atoms with van der Waals surface area (Å²) in [7, 11) is 0. The van der Waals surface area contributed by atoms with E-state index in [1.165, 1.54) is 6.20 Å². The van der Waals surface area contributed by atoms with Crippen molar-refractivity contribution >= 4 is 11.4 Å². The average molecular weight is 159 g/mol. The van der Waals surface area contributed by atoms with E-state index in [1.807, 2.05) is 6.07 Å². The van der Waals surface area contributed by atoms with Crippen molar-refractivity contribution < 1.29 is 0 Å². The van der Waals surface area contributed by atoms with Gasteiger partial charge in [-0.3, -0.25) is 0 Å². The summed E-state index contributed by atoms with van der Waals surface area (Å²) in [6.07, 6.45) is 1.23. The van der Waals surface area contributed by atoms with Crippen molar-refractivity contribution in [3.05, 3.63) is 17.5 Å². The fourth-order valence-electron chi connectivity index (χ4n) is 0.719. The van der Waals surface area contributed by atoms with Crippen molar-refractivity contribution in [2.24, 2.45) is 0 Å². The van der Waals surface area contributed by atoms with Crippen molar-refractivity contribution in [1.29, 1.82) is 10.5 Å². The Hall–Kier alpha value is -2.27. The summed E-state index contributed by atoms with van der Waals surface area (Å²) >= 11 is 0. The third kappa shape index (κ3) is 0.998. The van der Waals surface area contributed by atoms with Crippen LogP contribution in [0.1, 0.15) is 11.3 Å². The van der Waals surface area contributed by atoms with Gasteiger partial charge >= 0.3 is 0 Å². The normalized spacial score (nSPS) is 8.50. The molecule has 0 fully saturated rings. The molecule has 1 rings (SSSR count). The Bertz CT molecular complexity index is 356. The van der Waals surface area contributed by atoms with Crippen LogP contribution >= 0.6 is 0 Å². The number of rotatable bonds is 0. The Morgan fingerprint density at radius 3 is 2.33 bits per heavy atom. The van der Waals surface area contributed by atoms with Gasteiger partial charge in [0.15, 0.2) is 5.69 Å². The van der Waals surface area contributed by atoms with E-state index in [-0.39, 0.29) is 22.6 Å². The summed E-state index contributed by atoms with van der Waals surface area (Å²) in [4.78, 5) is 3.64. The van der Waals surface area contributed by atoms with Crippen LogP contribution in [0.5, 0.6) is 0 Å². The quantitative estimate of drug-likeness (QED) is 0.552. The molecule has 0 aliphatic carbocycles. The van der Waals surface area contributed by atoms with Crippen LogP contribution in [0.2, 0.25) is 0 Å². The monoisotopic (exact) mass is 159 g/mol. The van der Waals surface area contributed by atoms with Gasteiger partial charge in [-0.05, 0) is 0 Å². The molecular formula is C7H5N5. The van der Waals surface area contributed by atoms with Gasteiger partial charge in [0, 0.05) is 6.20 Å². The van der Waals surface area contributed by atoms with Gasteiger partial charge in [0.1, 0.15) is 12.1 Å². The van der Waals surface area contributed by atoms with Crippen LogP contribution in [0.4, 0.5) is 11.4 Å². The van der Waals surface area contributed by atoms with Gasteiger partial charge in [0.05, 0.1) is 16.9 Å². The number of nitriles is 2. The van der Waals surface area contributed by atoms with E-state index < -0.39 is 0 Å². The van der Waals surface area contributed by atoms with Crippen LogP contribution < -0.4 is 11.5 Å². The molecule has 0 aliphatic rings. The second-order valence-electron chi connectivity index (χ2n) is 2.07. The standard InChI is InChI=1S/C7H5N5/c8-1-4-3-12-5(2-9)7(11)6(4)10/h3H,11H2,(H2,10,12). The second kappa shape index (κ2) is 2.77. The van der Waals surface area contributed by atoms with E-state index in [9.17, 15) is 0 Å². The molecule has 0 amide bonds. The lowest BCUT2D eigenvalue weighted by Crippen LogP contribution is -2.02. The van der Waals surface area contributed by atoms with Crippen LogP contribution in [0.25, 0.3) is 0 Å². The van der Waals surface area contributed by atoms with Gasteiger partial charge in [-0.1, -0.05) is 0 Å². The van der Waals surface area contributed by atoms with E-state index >= 15 is 0 Å². The molecule has 1 heterocycles. The molecule has 0 radical (unpaired) electrons. The number of anilines is 2. The van der Waals surface area contributed by atoms with Crippen molar-refractivity contribution in [3.8, 4) is 12.1 Å². The van der Waals surface area contributed by atoms with Gasteiger partial charge in [-0.15, -0.1) is 0 Å². The van der Waals surface area contributed by atoms with Crippen molar-refractivity contribution in [3.63, 3.8) is 0 Å². The fourth-order valence-corrected chi connectivity index (χ4v) is 0.719. The summed E-state index contributed by atoms with van der Waals surface area (Å²) < 4.78 is 0. The molecular weight excluding hydrogens is 154 g/mol. The number of nitrogen functional groups attached to an aromatic ring is 2. The molecule has 5 nitrogen and oxygen atoms in total. The molecule has 5 heteroatoms. The molecule has 0 aromatic carbocycles. The lowest BCUT2D eigenvalue weighted by Gasteiger charge is -2.01. The average Bonchev–Trinajstić information content (AvgIpc) is 2.10. The Balaban J connectivity index is 3.45. The largest absolute Gasteiger partial charge is 0.396 e. The second-order valence-corrected chi connectivity index (χ2v) is 2.07. The summed E-state index contributed by atoms with van der Waals surface area (Å²) in [6.45, 7) is 0. The molecule has 58 valence electrons. The number of aromatic nitrogens is 1. The van der Waals surface area contributed by atoms with Gasteiger partial charge < -0.3 is 11.5 Å². The number of hydrogen-bond donors (Lipinski definition) is 2. The first-order chi connectivity index (χ1) is 5.70. The summed E-state index contributed by atoms with van der Waals surface area (Å²) in [5.74, 6) is 0. The molecule has 0 unspecified atom stereocenters. The van der Waals surface area contributed by atoms with Crippen LogP contribution in [-0.4, -0.2) is 4.98 Å². The molecule has 0 saturated carbocycles. The van der Waals surface area contributed by atoms with Crippen LogP contribution in [0.15, 0.2) is 6.20 Å². The highest BCUT2D eigenvalue weighted by molar-refractivity contribution is 5.74. The number of nitrogens with two attached hydrogens (primary N) is 2. The third-order valence-electron chi connectivity index (χ3n) is 1.38. The molecule has 0 atom stereocenters. The number of pyridine rings is 1. The van der Waals surface area contributed by atoms with E-state index in [2.05, 4.69) is 4.98 Å². The first kappa shape index (κ1) is 7.83. The molecule has 0 aliphatic heterocycles.